The van der Waals surface area contributed by atoms with Crippen LogP contribution in [0.1, 0.15) is 16.8 Å². The second-order valence-corrected chi connectivity index (χ2v) is 5.89. The van der Waals surface area contributed by atoms with Crippen LogP contribution in [-0.4, -0.2) is 10.9 Å². The van der Waals surface area contributed by atoms with E-state index in [4.69, 9.17) is 0 Å². The number of aromatic nitrogens is 1. The summed E-state index contributed by atoms with van der Waals surface area (Å²) >= 11 is 0. The van der Waals surface area contributed by atoms with Gasteiger partial charge in [-0.15, -0.1) is 0 Å². The number of fused-ring (bicyclic) bond motifs is 1. The van der Waals surface area contributed by atoms with Gasteiger partial charge in [-0.2, -0.15) is 0 Å². The molecule has 0 fully saturated rings. The molecular formula is C20H17N3O. The van der Waals surface area contributed by atoms with Gasteiger partial charge in [0.05, 0.1) is 11.3 Å². The maximum Gasteiger partial charge on any atom is 0.256 e. The molecule has 0 saturated heterocycles. The lowest BCUT2D eigenvalue weighted by molar-refractivity contribution is -0.110. The third kappa shape index (κ3) is 2.70. The van der Waals surface area contributed by atoms with Gasteiger partial charge in [0.2, 0.25) is 0 Å². The van der Waals surface area contributed by atoms with Gasteiger partial charge in [0.1, 0.15) is 0 Å². The van der Waals surface area contributed by atoms with Crippen LogP contribution >= 0.6 is 0 Å². The molecule has 0 radical (unpaired) electrons. The summed E-state index contributed by atoms with van der Waals surface area (Å²) in [5.41, 5.74) is 6.51. The van der Waals surface area contributed by atoms with Crippen LogP contribution in [0, 0.1) is 6.92 Å². The lowest BCUT2D eigenvalue weighted by Crippen LogP contribution is -2.03. The number of H-pyrrole nitrogens is 1. The van der Waals surface area contributed by atoms with Gasteiger partial charge in [-0.05, 0) is 55.0 Å². The number of amides is 1. The average molecular weight is 315 g/mol. The molecule has 2 aromatic carbocycles. The number of carbonyl (C=O) groups excluding carboxylic acids is 1. The molecule has 4 nitrogen and oxygen atoms in total. The van der Waals surface area contributed by atoms with Gasteiger partial charge in [-0.1, -0.05) is 18.2 Å². The zero-order valence-corrected chi connectivity index (χ0v) is 13.3. The van der Waals surface area contributed by atoms with Crippen molar-refractivity contribution in [3.63, 3.8) is 0 Å². The molecule has 0 aliphatic carbocycles. The van der Waals surface area contributed by atoms with E-state index in [1.165, 1.54) is 5.56 Å². The van der Waals surface area contributed by atoms with E-state index in [0.29, 0.717) is 5.57 Å². The Morgan fingerprint density at radius 1 is 1.00 bits per heavy atom. The minimum Gasteiger partial charge on any atom is -0.362 e. The summed E-state index contributed by atoms with van der Waals surface area (Å²) in [6.45, 7) is 2.06. The summed E-state index contributed by atoms with van der Waals surface area (Å²) in [7, 11) is 0. The summed E-state index contributed by atoms with van der Waals surface area (Å²) in [5.74, 6) is -0.0766. The molecular weight excluding hydrogens is 298 g/mol. The molecule has 0 spiro atoms. The third-order valence-corrected chi connectivity index (χ3v) is 4.03. The fourth-order valence-corrected chi connectivity index (χ4v) is 2.89. The molecule has 0 unspecified atom stereocenters. The largest absolute Gasteiger partial charge is 0.362 e. The lowest BCUT2D eigenvalue weighted by Gasteiger charge is -2.09. The summed E-state index contributed by atoms with van der Waals surface area (Å²) in [6, 6.07) is 18.0. The van der Waals surface area contributed by atoms with Gasteiger partial charge < -0.3 is 15.6 Å². The van der Waals surface area contributed by atoms with E-state index in [9.17, 15) is 4.79 Å². The molecule has 1 aliphatic rings. The number of carbonyl (C=O) groups is 1. The molecule has 0 atom stereocenters. The van der Waals surface area contributed by atoms with E-state index in [-0.39, 0.29) is 5.91 Å². The summed E-state index contributed by atoms with van der Waals surface area (Å²) < 4.78 is 0. The second-order valence-electron chi connectivity index (χ2n) is 5.89. The van der Waals surface area contributed by atoms with Crippen molar-refractivity contribution in [2.75, 3.05) is 10.6 Å². The molecule has 118 valence electrons. The van der Waals surface area contributed by atoms with E-state index in [1.807, 2.05) is 54.7 Å². The van der Waals surface area contributed by atoms with Gasteiger partial charge in [-0.3, -0.25) is 4.79 Å². The zero-order chi connectivity index (χ0) is 16.5. The van der Waals surface area contributed by atoms with E-state index in [0.717, 1.165) is 28.3 Å². The fourth-order valence-electron chi connectivity index (χ4n) is 2.89. The predicted molar refractivity (Wildman–Crippen MR) is 98.2 cm³/mol. The zero-order valence-electron chi connectivity index (χ0n) is 13.3. The first-order chi connectivity index (χ1) is 11.7. The van der Waals surface area contributed by atoms with Crippen LogP contribution in [0.4, 0.5) is 17.1 Å². The van der Waals surface area contributed by atoms with Gasteiger partial charge in [0.15, 0.2) is 0 Å². The van der Waals surface area contributed by atoms with Crippen LogP contribution in [0.15, 0.2) is 60.8 Å². The first kappa shape index (κ1) is 14.3. The Kier molecular flexibility index (Phi) is 3.43. The van der Waals surface area contributed by atoms with Crippen molar-refractivity contribution in [3.8, 4) is 0 Å². The topological polar surface area (TPSA) is 56.9 Å². The highest BCUT2D eigenvalue weighted by molar-refractivity contribution is 6.35. The number of benzene rings is 2. The van der Waals surface area contributed by atoms with Crippen molar-refractivity contribution in [2.45, 2.75) is 6.92 Å². The highest BCUT2D eigenvalue weighted by Crippen LogP contribution is 2.35. The highest BCUT2D eigenvalue weighted by atomic mass is 16.2. The number of hydrogen-bond acceptors (Lipinski definition) is 2. The third-order valence-electron chi connectivity index (χ3n) is 4.03. The molecule has 1 aromatic heterocycles. The van der Waals surface area contributed by atoms with Crippen LogP contribution in [0.25, 0.3) is 11.6 Å². The maximum absolute atomic E-state index is 12.3. The SMILES string of the molecule is Cc1cccc(Nc2ccc3c(c2)NC(=O)C3=Cc2ccc[nH]2)c1. The number of anilines is 3. The van der Waals surface area contributed by atoms with Crippen LogP contribution in [0.2, 0.25) is 0 Å². The second kappa shape index (κ2) is 5.74. The van der Waals surface area contributed by atoms with E-state index in [1.54, 1.807) is 0 Å². The molecule has 1 aliphatic heterocycles. The minimum atomic E-state index is -0.0766. The van der Waals surface area contributed by atoms with Crippen LogP contribution in [0.5, 0.6) is 0 Å². The van der Waals surface area contributed by atoms with Crippen LogP contribution < -0.4 is 10.6 Å². The smallest absolute Gasteiger partial charge is 0.256 e. The average Bonchev–Trinajstić information content (AvgIpc) is 3.16. The highest BCUT2D eigenvalue weighted by Gasteiger charge is 2.24. The Morgan fingerprint density at radius 2 is 1.88 bits per heavy atom. The molecule has 3 aromatic rings. The van der Waals surface area contributed by atoms with Gasteiger partial charge in [0, 0.05) is 28.8 Å². The molecule has 0 saturated carbocycles. The van der Waals surface area contributed by atoms with Crippen molar-refractivity contribution < 1.29 is 4.79 Å². The van der Waals surface area contributed by atoms with Gasteiger partial charge in [0.25, 0.3) is 5.91 Å². The maximum atomic E-state index is 12.3. The molecule has 4 rings (SSSR count). The lowest BCUT2D eigenvalue weighted by atomic mass is 10.1. The Morgan fingerprint density at radius 3 is 2.67 bits per heavy atom. The van der Waals surface area contributed by atoms with Crippen molar-refractivity contribution in [2.24, 2.45) is 0 Å². The Balaban J connectivity index is 1.65. The first-order valence-corrected chi connectivity index (χ1v) is 7.83. The fraction of sp³-hybridized carbons (Fsp3) is 0.0500. The molecule has 4 heteroatoms. The normalized spacial score (nSPS) is 14.5. The quantitative estimate of drug-likeness (QED) is 0.621. The van der Waals surface area contributed by atoms with E-state index >= 15 is 0 Å². The van der Waals surface area contributed by atoms with Crippen molar-refractivity contribution in [1.82, 2.24) is 4.98 Å². The number of nitrogens with one attached hydrogen (secondary N) is 3. The van der Waals surface area contributed by atoms with E-state index < -0.39 is 0 Å². The van der Waals surface area contributed by atoms with Crippen molar-refractivity contribution >= 4 is 34.6 Å². The molecule has 24 heavy (non-hydrogen) atoms. The summed E-state index contributed by atoms with van der Waals surface area (Å²) in [5, 5.41) is 6.31. The molecule has 3 N–H and O–H groups in total. The number of rotatable bonds is 3. The first-order valence-electron chi connectivity index (χ1n) is 7.83. The number of aryl methyl sites for hydroxylation is 1. The Labute approximate surface area is 140 Å². The molecule has 1 amide bonds. The van der Waals surface area contributed by atoms with Crippen LogP contribution in [-0.2, 0) is 4.79 Å². The summed E-state index contributed by atoms with van der Waals surface area (Å²) in [4.78, 5) is 15.4. The Bertz CT molecular complexity index is 939. The minimum absolute atomic E-state index is 0.0766. The molecule has 0 bridgehead atoms. The van der Waals surface area contributed by atoms with E-state index in [2.05, 4.69) is 34.7 Å². The molecule has 2 heterocycles. The number of hydrogen-bond donors (Lipinski definition) is 3. The van der Waals surface area contributed by atoms with Crippen molar-refractivity contribution in [3.05, 3.63) is 77.6 Å². The van der Waals surface area contributed by atoms with Crippen LogP contribution in [0.3, 0.4) is 0 Å². The monoisotopic (exact) mass is 315 g/mol. The number of aromatic amines is 1. The standard InChI is InChI=1S/C20H17N3O/c1-13-4-2-5-15(10-13)22-16-7-8-17-18(11-14-6-3-9-21-14)20(24)23-19(17)12-16/h2-12,21-22H,1H3,(H,23,24). The Hall–Kier alpha value is -3.27. The van der Waals surface area contributed by atoms with Gasteiger partial charge >= 0.3 is 0 Å². The van der Waals surface area contributed by atoms with Gasteiger partial charge in [-0.25, -0.2) is 0 Å². The van der Waals surface area contributed by atoms with Crippen molar-refractivity contribution in [1.29, 1.82) is 0 Å². The predicted octanol–water partition coefficient (Wildman–Crippen LogP) is 4.56. The summed E-state index contributed by atoms with van der Waals surface area (Å²) in [6.07, 6.45) is 3.71.